The molecule has 0 saturated carbocycles. The zero-order chi connectivity index (χ0) is 22.7. The van der Waals surface area contributed by atoms with Gasteiger partial charge in [0.15, 0.2) is 12.4 Å². The van der Waals surface area contributed by atoms with Crippen LogP contribution in [0, 0.1) is 5.92 Å². The van der Waals surface area contributed by atoms with E-state index < -0.39 is 47.7 Å². The van der Waals surface area contributed by atoms with E-state index in [1.165, 1.54) is 0 Å². The fourth-order valence-corrected chi connectivity index (χ4v) is 3.16. The first-order chi connectivity index (χ1) is 13.8. The van der Waals surface area contributed by atoms with E-state index in [4.69, 9.17) is 9.47 Å². The van der Waals surface area contributed by atoms with Crippen LogP contribution in [-0.4, -0.2) is 47.5 Å². The SMILES string of the molecule is C[C@@H]1C[C@H](C(=O)OCC(=O)c2ccc(C(F)(F)F)cc2)CCN1C(=O)OC(C)(C)C. The number of ether oxygens (including phenoxy) is 2. The molecule has 2 rings (SSSR count). The molecule has 1 saturated heterocycles. The summed E-state index contributed by atoms with van der Waals surface area (Å²) < 4.78 is 48.2. The first-order valence-corrected chi connectivity index (χ1v) is 9.64. The van der Waals surface area contributed by atoms with Gasteiger partial charge in [0.05, 0.1) is 11.5 Å². The molecule has 1 fully saturated rings. The van der Waals surface area contributed by atoms with Crippen molar-refractivity contribution in [3.05, 3.63) is 35.4 Å². The van der Waals surface area contributed by atoms with Gasteiger partial charge in [-0.3, -0.25) is 9.59 Å². The molecular weight excluding hydrogens is 403 g/mol. The molecular formula is C21H26F3NO5. The predicted octanol–water partition coefficient (Wildman–Crippen LogP) is 4.47. The van der Waals surface area contributed by atoms with Gasteiger partial charge in [-0.05, 0) is 52.7 Å². The van der Waals surface area contributed by atoms with Gasteiger partial charge in [0, 0.05) is 18.2 Å². The quantitative estimate of drug-likeness (QED) is 0.522. The molecule has 1 aliphatic heterocycles. The monoisotopic (exact) mass is 429 g/mol. The Balaban J connectivity index is 1.86. The maximum absolute atomic E-state index is 12.6. The Labute approximate surface area is 173 Å². The summed E-state index contributed by atoms with van der Waals surface area (Å²) in [4.78, 5) is 38.2. The zero-order valence-corrected chi connectivity index (χ0v) is 17.4. The van der Waals surface area contributed by atoms with Crippen molar-refractivity contribution in [1.29, 1.82) is 0 Å². The number of ketones is 1. The van der Waals surface area contributed by atoms with Crippen LogP contribution < -0.4 is 0 Å². The molecule has 1 aromatic carbocycles. The van der Waals surface area contributed by atoms with E-state index in [2.05, 4.69) is 0 Å². The van der Waals surface area contributed by atoms with Crippen LogP contribution in [0.15, 0.2) is 24.3 Å². The number of hydrogen-bond acceptors (Lipinski definition) is 5. The number of amides is 1. The number of piperidine rings is 1. The number of esters is 1. The minimum Gasteiger partial charge on any atom is -0.457 e. The smallest absolute Gasteiger partial charge is 0.416 e. The van der Waals surface area contributed by atoms with Gasteiger partial charge in [-0.15, -0.1) is 0 Å². The number of halogens is 3. The number of hydrogen-bond donors (Lipinski definition) is 0. The Kier molecular flexibility index (Phi) is 7.15. The molecule has 166 valence electrons. The summed E-state index contributed by atoms with van der Waals surface area (Å²) in [6.45, 7) is 6.89. The molecule has 0 radical (unpaired) electrons. The summed E-state index contributed by atoms with van der Waals surface area (Å²) in [6.07, 6.45) is -4.19. The van der Waals surface area contributed by atoms with Crippen molar-refractivity contribution in [2.24, 2.45) is 5.92 Å². The normalized spacial score (nSPS) is 19.9. The van der Waals surface area contributed by atoms with E-state index >= 15 is 0 Å². The predicted molar refractivity (Wildman–Crippen MR) is 102 cm³/mol. The van der Waals surface area contributed by atoms with Crippen molar-refractivity contribution < 1.29 is 37.0 Å². The number of rotatable bonds is 4. The zero-order valence-electron chi connectivity index (χ0n) is 17.4. The summed E-state index contributed by atoms with van der Waals surface area (Å²) in [7, 11) is 0. The van der Waals surface area contributed by atoms with Crippen LogP contribution >= 0.6 is 0 Å². The molecule has 0 N–H and O–H groups in total. The number of likely N-dealkylation sites (tertiary alicyclic amines) is 1. The van der Waals surface area contributed by atoms with Gasteiger partial charge in [-0.25, -0.2) is 4.79 Å². The molecule has 2 atom stereocenters. The fourth-order valence-electron chi connectivity index (χ4n) is 3.16. The molecule has 0 aromatic heterocycles. The summed E-state index contributed by atoms with van der Waals surface area (Å²) in [6, 6.07) is 3.49. The summed E-state index contributed by atoms with van der Waals surface area (Å²) in [5.41, 5.74) is -1.45. The number of carbonyl (C=O) groups is 3. The molecule has 1 amide bonds. The third-order valence-corrected chi connectivity index (χ3v) is 4.72. The molecule has 0 aliphatic carbocycles. The van der Waals surface area contributed by atoms with E-state index in [9.17, 15) is 27.6 Å². The van der Waals surface area contributed by atoms with Crippen LogP contribution in [0.3, 0.4) is 0 Å². The van der Waals surface area contributed by atoms with E-state index in [0.717, 1.165) is 24.3 Å². The largest absolute Gasteiger partial charge is 0.457 e. The van der Waals surface area contributed by atoms with E-state index in [1.54, 1.807) is 32.6 Å². The molecule has 0 unspecified atom stereocenters. The first-order valence-electron chi connectivity index (χ1n) is 9.64. The Morgan fingerprint density at radius 2 is 1.70 bits per heavy atom. The van der Waals surface area contributed by atoms with Crippen molar-refractivity contribution in [3.8, 4) is 0 Å². The van der Waals surface area contributed by atoms with Crippen molar-refractivity contribution in [3.63, 3.8) is 0 Å². The van der Waals surface area contributed by atoms with Crippen molar-refractivity contribution >= 4 is 17.8 Å². The third-order valence-electron chi connectivity index (χ3n) is 4.72. The highest BCUT2D eigenvalue weighted by atomic mass is 19.4. The Hall–Kier alpha value is -2.58. The Morgan fingerprint density at radius 1 is 1.10 bits per heavy atom. The van der Waals surface area contributed by atoms with Crippen LogP contribution in [0.2, 0.25) is 0 Å². The van der Waals surface area contributed by atoms with Crippen molar-refractivity contribution in [2.75, 3.05) is 13.2 Å². The Morgan fingerprint density at radius 3 is 2.20 bits per heavy atom. The van der Waals surface area contributed by atoms with E-state index in [1.807, 2.05) is 0 Å². The molecule has 30 heavy (non-hydrogen) atoms. The van der Waals surface area contributed by atoms with Gasteiger partial charge in [-0.2, -0.15) is 13.2 Å². The third kappa shape index (κ3) is 6.47. The lowest BCUT2D eigenvalue weighted by Crippen LogP contribution is -2.48. The number of Topliss-reactive ketones (excluding diaryl/α,β-unsaturated/α-hetero) is 1. The van der Waals surface area contributed by atoms with Gasteiger partial charge in [-0.1, -0.05) is 12.1 Å². The molecule has 1 heterocycles. The molecule has 9 heteroatoms. The molecule has 1 aromatic rings. The maximum Gasteiger partial charge on any atom is 0.416 e. The van der Waals surface area contributed by atoms with Crippen LogP contribution in [0.4, 0.5) is 18.0 Å². The number of alkyl halides is 3. The van der Waals surface area contributed by atoms with E-state index in [-0.39, 0.29) is 11.6 Å². The molecule has 6 nitrogen and oxygen atoms in total. The highest BCUT2D eigenvalue weighted by Crippen LogP contribution is 2.29. The van der Waals surface area contributed by atoms with Gasteiger partial charge >= 0.3 is 18.2 Å². The van der Waals surface area contributed by atoms with Crippen LogP contribution in [0.25, 0.3) is 0 Å². The van der Waals surface area contributed by atoms with Crippen LogP contribution in [-0.2, 0) is 20.4 Å². The minimum atomic E-state index is -4.49. The second-order valence-electron chi connectivity index (χ2n) is 8.35. The number of nitrogens with zero attached hydrogens (tertiary/aromatic N) is 1. The lowest BCUT2D eigenvalue weighted by molar-refractivity contribution is -0.149. The lowest BCUT2D eigenvalue weighted by atomic mass is 9.92. The maximum atomic E-state index is 12.6. The molecule has 0 bridgehead atoms. The number of carbonyl (C=O) groups excluding carboxylic acids is 3. The van der Waals surface area contributed by atoms with Gasteiger partial charge in [0.25, 0.3) is 0 Å². The van der Waals surface area contributed by atoms with Crippen LogP contribution in [0.5, 0.6) is 0 Å². The minimum absolute atomic E-state index is 0.0314. The summed E-state index contributed by atoms with van der Waals surface area (Å²) in [5, 5.41) is 0. The first kappa shape index (κ1) is 23.7. The second-order valence-corrected chi connectivity index (χ2v) is 8.35. The summed E-state index contributed by atoms with van der Waals surface area (Å²) in [5.74, 6) is -1.62. The molecule has 1 aliphatic rings. The average Bonchev–Trinajstić information content (AvgIpc) is 2.63. The highest BCUT2D eigenvalue weighted by molar-refractivity contribution is 5.98. The topological polar surface area (TPSA) is 72.9 Å². The van der Waals surface area contributed by atoms with E-state index in [0.29, 0.717) is 19.4 Å². The van der Waals surface area contributed by atoms with Gasteiger partial charge < -0.3 is 14.4 Å². The highest BCUT2D eigenvalue weighted by Gasteiger charge is 2.35. The van der Waals surface area contributed by atoms with Gasteiger partial charge in [0.2, 0.25) is 0 Å². The lowest BCUT2D eigenvalue weighted by Gasteiger charge is -2.37. The van der Waals surface area contributed by atoms with Crippen molar-refractivity contribution in [2.45, 2.75) is 58.4 Å². The van der Waals surface area contributed by atoms with Crippen molar-refractivity contribution in [1.82, 2.24) is 4.90 Å². The average molecular weight is 429 g/mol. The van der Waals surface area contributed by atoms with Crippen LogP contribution in [0.1, 0.15) is 56.5 Å². The Bertz CT molecular complexity index is 783. The molecule has 0 spiro atoms. The number of benzene rings is 1. The van der Waals surface area contributed by atoms with Gasteiger partial charge in [0.1, 0.15) is 5.60 Å². The fraction of sp³-hybridized carbons (Fsp3) is 0.571. The second kappa shape index (κ2) is 9.06. The standard InChI is InChI=1S/C21H26F3NO5/c1-13-11-15(9-10-25(13)19(28)30-20(2,3)4)18(27)29-12-17(26)14-5-7-16(8-6-14)21(22,23)24/h5-8,13,15H,9-12H2,1-4H3/t13-,15-/m1/s1. The summed E-state index contributed by atoms with van der Waals surface area (Å²) >= 11 is 0.